The highest BCUT2D eigenvalue weighted by Crippen LogP contribution is 2.41. The molecular weight excluding hydrogens is 250 g/mol. The number of carbonyl (C=O) groups excluding carboxylic acids is 1. The second kappa shape index (κ2) is 5.38. The van der Waals surface area contributed by atoms with Crippen molar-refractivity contribution in [1.82, 2.24) is 15.5 Å². The second-order valence-corrected chi connectivity index (χ2v) is 4.98. The monoisotopic (exact) mass is 267 g/mol. The molecule has 1 aliphatic rings. The lowest BCUT2D eigenvalue weighted by Gasteiger charge is -2.22. The Morgan fingerprint density at radius 3 is 2.63 bits per heavy atom. The van der Waals surface area contributed by atoms with E-state index in [1.54, 1.807) is 6.92 Å². The number of nitrogens with one attached hydrogen (secondary N) is 1. The summed E-state index contributed by atoms with van der Waals surface area (Å²) in [6.07, 6.45) is 2.88. The average Bonchev–Trinajstić information content (AvgIpc) is 2.97. The third kappa shape index (κ3) is 3.10. The van der Waals surface area contributed by atoms with Crippen molar-refractivity contribution >= 4 is 11.9 Å². The first-order chi connectivity index (χ1) is 9.02. The molecule has 1 aliphatic carbocycles. The van der Waals surface area contributed by atoms with Crippen molar-refractivity contribution in [3.8, 4) is 0 Å². The number of carboxylic acid groups (broad SMARTS) is 1. The maximum absolute atomic E-state index is 11.8. The molecule has 0 radical (unpaired) electrons. The quantitative estimate of drug-likeness (QED) is 0.825. The molecule has 1 saturated carbocycles. The lowest BCUT2D eigenvalue weighted by Crippen LogP contribution is -2.35. The molecule has 104 valence electrons. The largest absolute Gasteiger partial charge is 0.481 e. The lowest BCUT2D eigenvalue weighted by atomic mass is 9.82. The number of carboxylic acids is 1. The van der Waals surface area contributed by atoms with Crippen molar-refractivity contribution in [2.24, 2.45) is 5.41 Å². The molecule has 2 N–H and O–H groups in total. The Labute approximate surface area is 110 Å². The van der Waals surface area contributed by atoms with Crippen LogP contribution in [-0.4, -0.2) is 27.1 Å². The summed E-state index contributed by atoms with van der Waals surface area (Å²) in [6.45, 7) is 1.82. The second-order valence-electron chi connectivity index (χ2n) is 4.98. The molecule has 0 spiro atoms. The molecule has 0 aromatic carbocycles. The molecule has 1 aromatic heterocycles. The smallest absolute Gasteiger partial charge is 0.310 e. The van der Waals surface area contributed by atoms with Crippen molar-refractivity contribution in [2.75, 3.05) is 0 Å². The minimum atomic E-state index is -0.892. The summed E-state index contributed by atoms with van der Waals surface area (Å²) in [5, 5.41) is 15.6. The van der Waals surface area contributed by atoms with Crippen LogP contribution in [0.25, 0.3) is 0 Å². The van der Waals surface area contributed by atoms with Gasteiger partial charge < -0.3 is 14.9 Å². The third-order valence-electron chi connectivity index (χ3n) is 3.53. The van der Waals surface area contributed by atoms with E-state index in [9.17, 15) is 14.7 Å². The molecule has 0 bridgehead atoms. The predicted molar refractivity (Wildman–Crippen MR) is 64.0 cm³/mol. The molecule has 7 nitrogen and oxygen atoms in total. The van der Waals surface area contributed by atoms with E-state index in [2.05, 4.69) is 15.5 Å². The molecule has 0 saturated heterocycles. The van der Waals surface area contributed by atoms with Crippen LogP contribution in [0.5, 0.6) is 0 Å². The van der Waals surface area contributed by atoms with Gasteiger partial charge in [0.05, 0.1) is 12.0 Å². The van der Waals surface area contributed by atoms with Gasteiger partial charge in [0.15, 0.2) is 5.82 Å². The zero-order valence-corrected chi connectivity index (χ0v) is 10.8. The van der Waals surface area contributed by atoms with Crippen LogP contribution in [0.15, 0.2) is 4.52 Å². The zero-order chi connectivity index (χ0) is 13.9. The van der Waals surface area contributed by atoms with Crippen LogP contribution in [0.1, 0.15) is 43.8 Å². The molecule has 0 aliphatic heterocycles. The number of aromatic nitrogens is 2. The number of aryl methyl sites for hydroxylation is 1. The highest BCUT2D eigenvalue weighted by molar-refractivity contribution is 5.85. The van der Waals surface area contributed by atoms with Crippen LogP contribution < -0.4 is 5.32 Å². The highest BCUT2D eigenvalue weighted by Gasteiger charge is 2.42. The number of aliphatic carboxylic acids is 1. The van der Waals surface area contributed by atoms with E-state index in [-0.39, 0.29) is 18.9 Å². The van der Waals surface area contributed by atoms with E-state index in [0.29, 0.717) is 24.6 Å². The fourth-order valence-electron chi connectivity index (χ4n) is 2.48. The molecule has 19 heavy (non-hydrogen) atoms. The SMILES string of the molecule is Cc1nc(CNC(=O)CC2(C(=O)O)CCCC2)no1. The summed E-state index contributed by atoms with van der Waals surface area (Å²) in [5.74, 6) is -0.342. The molecule has 2 rings (SSSR count). The molecule has 0 atom stereocenters. The van der Waals surface area contributed by atoms with Crippen LogP contribution in [0.4, 0.5) is 0 Å². The number of hydrogen-bond acceptors (Lipinski definition) is 5. The summed E-state index contributed by atoms with van der Waals surface area (Å²) < 4.78 is 4.78. The number of carbonyl (C=O) groups is 2. The van der Waals surface area contributed by atoms with E-state index < -0.39 is 11.4 Å². The van der Waals surface area contributed by atoms with E-state index in [1.807, 2.05) is 0 Å². The summed E-state index contributed by atoms with van der Waals surface area (Å²) in [5.41, 5.74) is -0.892. The first-order valence-corrected chi connectivity index (χ1v) is 6.31. The summed E-state index contributed by atoms with van der Waals surface area (Å²) >= 11 is 0. The van der Waals surface area contributed by atoms with E-state index >= 15 is 0 Å². The van der Waals surface area contributed by atoms with E-state index in [0.717, 1.165) is 12.8 Å². The Hall–Kier alpha value is -1.92. The van der Waals surface area contributed by atoms with Crippen LogP contribution in [0.2, 0.25) is 0 Å². The summed E-state index contributed by atoms with van der Waals surface area (Å²) in [6, 6.07) is 0. The van der Waals surface area contributed by atoms with Crippen LogP contribution in [-0.2, 0) is 16.1 Å². The van der Waals surface area contributed by atoms with Gasteiger partial charge in [0.1, 0.15) is 0 Å². The first kappa shape index (κ1) is 13.5. The normalized spacial score (nSPS) is 17.3. The lowest BCUT2D eigenvalue weighted by molar-refractivity contribution is -0.151. The van der Waals surface area contributed by atoms with Gasteiger partial charge in [-0.1, -0.05) is 18.0 Å². The van der Waals surface area contributed by atoms with Crippen molar-refractivity contribution in [2.45, 2.75) is 45.6 Å². The molecule has 1 heterocycles. The van der Waals surface area contributed by atoms with Gasteiger partial charge in [-0.15, -0.1) is 0 Å². The number of rotatable bonds is 5. The van der Waals surface area contributed by atoms with Gasteiger partial charge in [0.25, 0.3) is 0 Å². The first-order valence-electron chi connectivity index (χ1n) is 6.31. The molecule has 7 heteroatoms. The fraction of sp³-hybridized carbons (Fsp3) is 0.667. The molecule has 1 fully saturated rings. The number of hydrogen-bond donors (Lipinski definition) is 2. The van der Waals surface area contributed by atoms with Gasteiger partial charge in [-0.05, 0) is 12.8 Å². The van der Waals surface area contributed by atoms with Gasteiger partial charge in [0, 0.05) is 13.3 Å². The summed E-state index contributed by atoms with van der Waals surface area (Å²) in [7, 11) is 0. The minimum absolute atomic E-state index is 0.0131. The van der Waals surface area contributed by atoms with Gasteiger partial charge in [-0.25, -0.2) is 0 Å². The Morgan fingerprint density at radius 2 is 2.11 bits per heavy atom. The van der Waals surface area contributed by atoms with Crippen molar-refractivity contribution < 1.29 is 19.2 Å². The van der Waals surface area contributed by atoms with Crippen LogP contribution in [0, 0.1) is 12.3 Å². The average molecular weight is 267 g/mol. The summed E-state index contributed by atoms with van der Waals surface area (Å²) in [4.78, 5) is 27.1. The van der Waals surface area contributed by atoms with Crippen molar-refractivity contribution in [1.29, 1.82) is 0 Å². The van der Waals surface area contributed by atoms with Crippen molar-refractivity contribution in [3.05, 3.63) is 11.7 Å². The Balaban J connectivity index is 1.88. The zero-order valence-electron chi connectivity index (χ0n) is 10.8. The Kier molecular flexibility index (Phi) is 3.82. The molecule has 0 unspecified atom stereocenters. The number of amides is 1. The molecule has 1 amide bonds. The maximum Gasteiger partial charge on any atom is 0.310 e. The van der Waals surface area contributed by atoms with Gasteiger partial charge in [-0.3, -0.25) is 9.59 Å². The van der Waals surface area contributed by atoms with Gasteiger partial charge in [0.2, 0.25) is 11.8 Å². The van der Waals surface area contributed by atoms with Crippen molar-refractivity contribution in [3.63, 3.8) is 0 Å². The maximum atomic E-state index is 11.8. The van der Waals surface area contributed by atoms with Gasteiger partial charge >= 0.3 is 5.97 Å². The van der Waals surface area contributed by atoms with E-state index in [1.165, 1.54) is 0 Å². The molecule has 1 aromatic rings. The minimum Gasteiger partial charge on any atom is -0.481 e. The van der Waals surface area contributed by atoms with Crippen LogP contribution >= 0.6 is 0 Å². The third-order valence-corrected chi connectivity index (χ3v) is 3.53. The van der Waals surface area contributed by atoms with Crippen LogP contribution in [0.3, 0.4) is 0 Å². The Bertz CT molecular complexity index is 477. The topological polar surface area (TPSA) is 105 Å². The van der Waals surface area contributed by atoms with E-state index in [4.69, 9.17) is 4.52 Å². The van der Waals surface area contributed by atoms with Gasteiger partial charge in [-0.2, -0.15) is 4.98 Å². The standard InChI is InChI=1S/C12H17N3O4/c1-8-14-9(15-19-8)7-13-10(16)6-12(11(17)18)4-2-3-5-12/h2-7H2,1H3,(H,13,16)(H,17,18). The fourth-order valence-corrected chi connectivity index (χ4v) is 2.48. The Morgan fingerprint density at radius 1 is 1.42 bits per heavy atom. The molecular formula is C12H17N3O4. The predicted octanol–water partition coefficient (Wildman–Crippen LogP) is 1.03. The number of nitrogens with zero attached hydrogens (tertiary/aromatic N) is 2. The highest BCUT2D eigenvalue weighted by atomic mass is 16.5.